The molecule has 7 nitrogen and oxygen atoms in total. The van der Waals surface area contributed by atoms with Crippen LogP contribution < -0.4 is 10.9 Å². The summed E-state index contributed by atoms with van der Waals surface area (Å²) < 4.78 is 19.5. The molecule has 32 heavy (non-hydrogen) atoms. The van der Waals surface area contributed by atoms with Gasteiger partial charge in [0.05, 0.1) is 29.9 Å². The maximum Gasteiger partial charge on any atom is 0.308 e. The molecule has 0 unspecified atom stereocenters. The van der Waals surface area contributed by atoms with Crippen molar-refractivity contribution in [2.24, 2.45) is 5.92 Å². The number of ether oxygens (including phenoxy) is 1. The number of carbonyl (C=O) groups is 1. The molecule has 0 spiro atoms. The molecule has 1 N–H and O–H groups in total. The van der Waals surface area contributed by atoms with E-state index in [1.165, 1.54) is 30.1 Å². The smallest absolute Gasteiger partial charge is 0.308 e. The van der Waals surface area contributed by atoms with Crippen LogP contribution in [0.4, 0.5) is 10.3 Å². The van der Waals surface area contributed by atoms with Gasteiger partial charge in [0.15, 0.2) is 0 Å². The zero-order valence-corrected chi connectivity index (χ0v) is 18.2. The Labute approximate surface area is 189 Å². The molecule has 9 heteroatoms. The van der Waals surface area contributed by atoms with Gasteiger partial charge in [-0.15, -0.1) is 0 Å². The van der Waals surface area contributed by atoms with Crippen molar-refractivity contribution >= 4 is 23.5 Å². The number of anilines is 1. The molecule has 0 bridgehead atoms. The monoisotopic (exact) mass is 456 g/mol. The van der Waals surface area contributed by atoms with Gasteiger partial charge in [-0.1, -0.05) is 30.2 Å². The van der Waals surface area contributed by atoms with Crippen LogP contribution >= 0.6 is 11.6 Å². The maximum absolute atomic E-state index is 13.3. The van der Waals surface area contributed by atoms with Gasteiger partial charge in [0, 0.05) is 29.6 Å². The quantitative estimate of drug-likeness (QED) is 0.578. The van der Waals surface area contributed by atoms with Gasteiger partial charge < -0.3 is 10.1 Å². The summed E-state index contributed by atoms with van der Waals surface area (Å²) >= 11 is 6.38. The average Bonchev–Trinajstić information content (AvgIpc) is 2.80. The highest BCUT2D eigenvalue weighted by atomic mass is 35.5. The van der Waals surface area contributed by atoms with Crippen molar-refractivity contribution < 1.29 is 13.9 Å². The van der Waals surface area contributed by atoms with Gasteiger partial charge in [0.25, 0.3) is 5.56 Å². The molecule has 2 heterocycles. The average molecular weight is 457 g/mol. The number of esters is 1. The summed E-state index contributed by atoms with van der Waals surface area (Å²) in [5.41, 5.74) is 1.27. The first-order chi connectivity index (χ1) is 15.4. The van der Waals surface area contributed by atoms with E-state index in [1.54, 1.807) is 18.2 Å². The first-order valence-electron chi connectivity index (χ1n) is 10.3. The van der Waals surface area contributed by atoms with Gasteiger partial charge >= 0.3 is 5.97 Å². The number of hydrogen-bond acceptors (Lipinski definition) is 6. The number of nitrogens with zero attached hydrogens (tertiary/aromatic N) is 3. The van der Waals surface area contributed by atoms with Crippen LogP contribution in [0.3, 0.4) is 0 Å². The highest BCUT2D eigenvalue weighted by Crippen LogP contribution is 2.30. The van der Waals surface area contributed by atoms with Crippen molar-refractivity contribution in [3.63, 3.8) is 0 Å². The molecular formula is C23H22ClFN4O3. The summed E-state index contributed by atoms with van der Waals surface area (Å²) in [6, 6.07) is 9.29. The Morgan fingerprint density at radius 2 is 2.12 bits per heavy atom. The Balaban J connectivity index is 1.59. The van der Waals surface area contributed by atoms with Crippen LogP contribution in [0.25, 0.3) is 16.9 Å². The van der Waals surface area contributed by atoms with Crippen LogP contribution in [0, 0.1) is 11.7 Å². The molecule has 1 aromatic carbocycles. The minimum absolute atomic E-state index is 0.0472. The zero-order valence-electron chi connectivity index (χ0n) is 17.4. The van der Waals surface area contributed by atoms with Crippen molar-refractivity contribution in [3.05, 3.63) is 70.0 Å². The van der Waals surface area contributed by atoms with Crippen molar-refractivity contribution in [2.75, 3.05) is 12.4 Å². The van der Waals surface area contributed by atoms with E-state index in [2.05, 4.69) is 15.3 Å². The van der Waals surface area contributed by atoms with Crippen molar-refractivity contribution in [1.82, 2.24) is 14.5 Å². The fourth-order valence-electron chi connectivity index (χ4n) is 3.99. The lowest BCUT2D eigenvalue weighted by Gasteiger charge is -2.28. The van der Waals surface area contributed by atoms with E-state index >= 15 is 0 Å². The summed E-state index contributed by atoms with van der Waals surface area (Å²) in [5.74, 6) is -0.510. The van der Waals surface area contributed by atoms with E-state index in [4.69, 9.17) is 16.3 Å². The lowest BCUT2D eigenvalue weighted by Crippen LogP contribution is -2.32. The number of carbonyl (C=O) groups excluding carboxylic acids is 1. The van der Waals surface area contributed by atoms with Crippen LogP contribution in [0.5, 0.6) is 0 Å². The van der Waals surface area contributed by atoms with Gasteiger partial charge in [-0.05, 0) is 37.5 Å². The van der Waals surface area contributed by atoms with E-state index in [-0.39, 0.29) is 17.9 Å². The van der Waals surface area contributed by atoms with Crippen molar-refractivity contribution in [3.8, 4) is 16.9 Å². The Hall–Kier alpha value is -3.26. The molecular weight excluding hydrogens is 435 g/mol. The summed E-state index contributed by atoms with van der Waals surface area (Å²) in [5, 5.41) is 3.66. The molecule has 1 aliphatic rings. The largest absolute Gasteiger partial charge is 0.469 e. The first kappa shape index (κ1) is 22.0. The highest BCUT2D eigenvalue weighted by molar-refractivity contribution is 6.32. The van der Waals surface area contributed by atoms with Crippen molar-refractivity contribution in [1.29, 1.82) is 0 Å². The number of halogens is 2. The molecule has 0 amide bonds. The second-order valence-corrected chi connectivity index (χ2v) is 8.13. The third kappa shape index (κ3) is 4.80. The molecule has 1 fully saturated rings. The van der Waals surface area contributed by atoms with E-state index in [1.807, 2.05) is 6.07 Å². The minimum Gasteiger partial charge on any atom is -0.469 e. The maximum atomic E-state index is 13.3. The highest BCUT2D eigenvalue weighted by Gasteiger charge is 2.28. The van der Waals surface area contributed by atoms with Gasteiger partial charge in [-0.3, -0.25) is 14.2 Å². The second kappa shape index (κ2) is 9.48. The van der Waals surface area contributed by atoms with E-state index in [0.29, 0.717) is 34.3 Å². The van der Waals surface area contributed by atoms with Gasteiger partial charge in [-0.2, -0.15) is 0 Å². The molecule has 0 saturated heterocycles. The number of rotatable bonds is 5. The molecule has 1 aliphatic carbocycles. The minimum atomic E-state index is -0.589. The Bertz CT molecular complexity index is 1200. The van der Waals surface area contributed by atoms with Gasteiger partial charge in [-0.25, -0.2) is 14.4 Å². The lowest BCUT2D eigenvalue weighted by molar-refractivity contribution is -0.146. The van der Waals surface area contributed by atoms with Crippen LogP contribution in [0.1, 0.15) is 25.7 Å². The molecule has 1 saturated carbocycles. The summed E-state index contributed by atoms with van der Waals surface area (Å²) in [6.07, 6.45) is 6.17. The molecule has 166 valence electrons. The predicted molar refractivity (Wildman–Crippen MR) is 119 cm³/mol. The molecule has 3 aromatic rings. The number of nitrogens with one attached hydrogen (secondary N) is 1. The fourth-order valence-corrected chi connectivity index (χ4v) is 4.19. The first-order valence-corrected chi connectivity index (χ1v) is 10.7. The van der Waals surface area contributed by atoms with Gasteiger partial charge in [0.1, 0.15) is 5.82 Å². The SMILES string of the molecule is COC(=O)[C@H]1CCC[C@@H](Nc2ncc(Cl)c(-c3cccc(-n4ccc(F)cc4=O)c3)n2)C1. The van der Waals surface area contributed by atoms with Crippen LogP contribution in [0.15, 0.2) is 53.6 Å². The summed E-state index contributed by atoms with van der Waals surface area (Å²) in [7, 11) is 1.40. The Kier molecular flexibility index (Phi) is 6.50. The molecule has 2 atom stereocenters. The lowest BCUT2D eigenvalue weighted by atomic mass is 9.86. The number of hydrogen-bond donors (Lipinski definition) is 1. The van der Waals surface area contributed by atoms with Gasteiger partial charge in [0.2, 0.25) is 5.95 Å². The summed E-state index contributed by atoms with van der Waals surface area (Å²) in [4.78, 5) is 32.9. The Morgan fingerprint density at radius 1 is 1.28 bits per heavy atom. The molecule has 0 aliphatic heterocycles. The third-order valence-electron chi connectivity index (χ3n) is 5.57. The number of methoxy groups -OCH3 is 1. The number of benzene rings is 1. The Morgan fingerprint density at radius 3 is 2.91 bits per heavy atom. The third-order valence-corrected chi connectivity index (χ3v) is 5.84. The van der Waals surface area contributed by atoms with Crippen molar-refractivity contribution in [2.45, 2.75) is 31.7 Å². The predicted octanol–water partition coefficient (Wildman–Crippen LogP) is 4.23. The van der Waals surface area contributed by atoms with E-state index in [0.717, 1.165) is 25.3 Å². The van der Waals surface area contributed by atoms with E-state index in [9.17, 15) is 14.0 Å². The topological polar surface area (TPSA) is 86.1 Å². The van der Waals surface area contributed by atoms with E-state index < -0.39 is 11.4 Å². The summed E-state index contributed by atoms with van der Waals surface area (Å²) in [6.45, 7) is 0. The van der Waals surface area contributed by atoms with Crippen LogP contribution in [0.2, 0.25) is 5.02 Å². The number of pyridine rings is 1. The fraction of sp³-hybridized carbons (Fsp3) is 0.304. The standard InChI is InChI=1S/C23H22ClFN4O3/c1-32-22(31)15-5-2-6-17(10-15)27-23-26-13-19(24)21(28-23)14-4-3-7-18(11-14)29-9-8-16(25)12-20(29)30/h3-4,7-9,11-13,15,17H,2,5-6,10H2,1H3,(H,26,27,28)/t15-,17+/m0/s1. The van der Waals surface area contributed by atoms with Crippen LogP contribution in [-0.2, 0) is 9.53 Å². The molecule has 2 aromatic heterocycles. The number of aromatic nitrogens is 3. The molecule has 4 rings (SSSR count). The van der Waals surface area contributed by atoms with Crippen LogP contribution in [-0.4, -0.2) is 33.7 Å². The normalized spacial score (nSPS) is 18.2. The second-order valence-electron chi connectivity index (χ2n) is 7.72. The molecule has 0 radical (unpaired) electrons. The zero-order chi connectivity index (χ0) is 22.7.